The van der Waals surface area contributed by atoms with Gasteiger partial charge in [0.25, 0.3) is 5.91 Å². The third-order valence-electron chi connectivity index (χ3n) is 3.98. The molecule has 1 heterocycles. The van der Waals surface area contributed by atoms with Gasteiger partial charge in [0.05, 0.1) is 0 Å². The van der Waals surface area contributed by atoms with Gasteiger partial charge in [-0.1, -0.05) is 24.6 Å². The lowest BCUT2D eigenvalue weighted by atomic mass is 9.99. The number of carbonyl (C=O) groups is 3. The summed E-state index contributed by atoms with van der Waals surface area (Å²) in [6.45, 7) is 5.25. The van der Waals surface area contributed by atoms with E-state index in [9.17, 15) is 14.4 Å². The SMILES string of the molecule is CC[C@@]1(C)NC(=O)N(CC(=O)OCCOc2ccc(C)cc2)C1=O. The van der Waals surface area contributed by atoms with E-state index in [4.69, 9.17) is 9.47 Å². The molecule has 1 aliphatic heterocycles. The molecule has 0 aliphatic carbocycles. The summed E-state index contributed by atoms with van der Waals surface area (Å²) in [7, 11) is 0. The standard InChI is InChI=1S/C17H22N2O5/c1-4-17(3)15(21)19(16(22)18-17)11-14(20)24-10-9-23-13-7-5-12(2)6-8-13/h5-8H,4,9-11H2,1-3H3,(H,18,22)/t17-/m1/s1. The Bertz CT molecular complexity index is 628. The molecule has 7 nitrogen and oxygen atoms in total. The molecule has 1 aromatic rings. The van der Waals surface area contributed by atoms with E-state index in [0.29, 0.717) is 12.2 Å². The van der Waals surface area contributed by atoms with E-state index in [0.717, 1.165) is 10.5 Å². The number of hydrogen-bond donors (Lipinski definition) is 1. The van der Waals surface area contributed by atoms with Gasteiger partial charge >= 0.3 is 12.0 Å². The summed E-state index contributed by atoms with van der Waals surface area (Å²) in [5.41, 5.74) is 0.174. The van der Waals surface area contributed by atoms with Crippen molar-refractivity contribution >= 4 is 17.9 Å². The first-order chi connectivity index (χ1) is 11.4. The van der Waals surface area contributed by atoms with Crippen LogP contribution in [0.2, 0.25) is 0 Å². The zero-order valence-electron chi connectivity index (χ0n) is 14.1. The Balaban J connectivity index is 1.74. The summed E-state index contributed by atoms with van der Waals surface area (Å²) >= 11 is 0. The second kappa shape index (κ2) is 7.33. The minimum atomic E-state index is -0.952. The molecule has 1 aromatic carbocycles. The molecule has 1 aliphatic rings. The highest BCUT2D eigenvalue weighted by atomic mass is 16.6. The molecule has 1 fully saturated rings. The predicted octanol–water partition coefficient (Wildman–Crippen LogP) is 1.64. The maximum Gasteiger partial charge on any atom is 0.326 e. The van der Waals surface area contributed by atoms with Crippen LogP contribution >= 0.6 is 0 Å². The third kappa shape index (κ3) is 4.04. The minimum Gasteiger partial charge on any atom is -0.490 e. The predicted molar refractivity (Wildman–Crippen MR) is 86.6 cm³/mol. The van der Waals surface area contributed by atoms with Gasteiger partial charge in [0.2, 0.25) is 0 Å². The van der Waals surface area contributed by atoms with Crippen LogP contribution in [0.1, 0.15) is 25.8 Å². The highest BCUT2D eigenvalue weighted by Crippen LogP contribution is 2.20. The normalized spacial score (nSPS) is 20.0. The second-order valence-corrected chi connectivity index (χ2v) is 5.89. The quantitative estimate of drug-likeness (QED) is 0.465. The van der Waals surface area contributed by atoms with Crippen LogP contribution < -0.4 is 10.1 Å². The second-order valence-electron chi connectivity index (χ2n) is 5.89. The molecular weight excluding hydrogens is 312 g/mol. The lowest BCUT2D eigenvalue weighted by Crippen LogP contribution is -2.43. The fraction of sp³-hybridized carbons (Fsp3) is 0.471. The lowest BCUT2D eigenvalue weighted by Gasteiger charge is -2.18. The first kappa shape index (κ1) is 17.8. The number of benzene rings is 1. The van der Waals surface area contributed by atoms with Gasteiger partial charge in [-0.3, -0.25) is 14.5 Å². The number of rotatable bonds is 7. The van der Waals surface area contributed by atoms with Gasteiger partial charge in [-0.15, -0.1) is 0 Å². The van der Waals surface area contributed by atoms with E-state index in [1.54, 1.807) is 13.8 Å². The van der Waals surface area contributed by atoms with Crippen molar-refractivity contribution in [3.8, 4) is 5.75 Å². The molecule has 2 rings (SSSR count). The van der Waals surface area contributed by atoms with Crippen molar-refractivity contribution in [2.24, 2.45) is 0 Å². The maximum absolute atomic E-state index is 12.2. The average molecular weight is 334 g/mol. The number of imide groups is 1. The largest absolute Gasteiger partial charge is 0.490 e. The molecule has 3 amide bonds. The van der Waals surface area contributed by atoms with Gasteiger partial charge in [-0.05, 0) is 32.4 Å². The lowest BCUT2D eigenvalue weighted by molar-refractivity contribution is -0.148. The zero-order valence-corrected chi connectivity index (χ0v) is 14.1. The molecule has 7 heteroatoms. The van der Waals surface area contributed by atoms with Gasteiger partial charge in [-0.25, -0.2) is 4.79 Å². The molecule has 0 unspecified atom stereocenters. The van der Waals surface area contributed by atoms with Gasteiger partial charge in [0.15, 0.2) is 0 Å². The van der Waals surface area contributed by atoms with Crippen LogP contribution in [-0.2, 0) is 14.3 Å². The van der Waals surface area contributed by atoms with Crippen molar-refractivity contribution in [1.29, 1.82) is 0 Å². The molecule has 0 aromatic heterocycles. The van der Waals surface area contributed by atoms with E-state index in [2.05, 4.69) is 5.32 Å². The number of hydrogen-bond acceptors (Lipinski definition) is 5. The van der Waals surface area contributed by atoms with Crippen molar-refractivity contribution in [3.05, 3.63) is 29.8 Å². The Morgan fingerprint density at radius 3 is 2.46 bits per heavy atom. The number of amides is 3. The summed E-state index contributed by atoms with van der Waals surface area (Å²) in [4.78, 5) is 36.6. The topological polar surface area (TPSA) is 84.9 Å². The Hall–Kier alpha value is -2.57. The molecule has 24 heavy (non-hydrogen) atoms. The van der Waals surface area contributed by atoms with Crippen LogP contribution in [0.25, 0.3) is 0 Å². The first-order valence-electron chi connectivity index (χ1n) is 7.85. The fourth-order valence-electron chi connectivity index (χ4n) is 2.25. The van der Waals surface area contributed by atoms with Crippen molar-refractivity contribution in [2.45, 2.75) is 32.7 Å². The summed E-state index contributed by atoms with van der Waals surface area (Å²) in [6.07, 6.45) is 0.452. The number of esters is 1. The van der Waals surface area contributed by atoms with E-state index in [-0.39, 0.29) is 13.2 Å². The smallest absolute Gasteiger partial charge is 0.326 e. The van der Waals surface area contributed by atoms with E-state index in [1.165, 1.54) is 0 Å². The van der Waals surface area contributed by atoms with Crippen molar-refractivity contribution in [3.63, 3.8) is 0 Å². The highest BCUT2D eigenvalue weighted by Gasteiger charge is 2.47. The Kier molecular flexibility index (Phi) is 5.43. The summed E-state index contributed by atoms with van der Waals surface area (Å²) in [5.74, 6) is -0.376. The molecule has 130 valence electrons. The van der Waals surface area contributed by atoms with Crippen LogP contribution in [0.4, 0.5) is 4.79 Å². The number of urea groups is 1. The van der Waals surface area contributed by atoms with Gasteiger partial charge in [0.1, 0.15) is 31.0 Å². The number of carbonyl (C=O) groups excluding carboxylic acids is 3. The summed E-state index contributed by atoms with van der Waals surface area (Å²) in [5, 5.41) is 2.58. The Labute approximate surface area is 140 Å². The van der Waals surface area contributed by atoms with Crippen LogP contribution in [-0.4, -0.2) is 48.1 Å². The van der Waals surface area contributed by atoms with Crippen molar-refractivity contribution in [1.82, 2.24) is 10.2 Å². The van der Waals surface area contributed by atoms with Crippen LogP contribution in [0.3, 0.4) is 0 Å². The van der Waals surface area contributed by atoms with Crippen molar-refractivity contribution < 1.29 is 23.9 Å². The minimum absolute atomic E-state index is 0.0431. The van der Waals surface area contributed by atoms with Crippen molar-refractivity contribution in [2.75, 3.05) is 19.8 Å². The number of nitrogens with zero attached hydrogens (tertiary/aromatic N) is 1. The first-order valence-corrected chi connectivity index (χ1v) is 7.85. The Morgan fingerprint density at radius 1 is 1.21 bits per heavy atom. The van der Waals surface area contributed by atoms with Crippen LogP contribution in [0.15, 0.2) is 24.3 Å². The van der Waals surface area contributed by atoms with E-state index in [1.807, 2.05) is 31.2 Å². The number of aryl methyl sites for hydroxylation is 1. The maximum atomic E-state index is 12.2. The number of ether oxygens (including phenoxy) is 2. The summed E-state index contributed by atoms with van der Waals surface area (Å²) < 4.78 is 10.4. The number of nitrogens with one attached hydrogen (secondary N) is 1. The summed E-state index contributed by atoms with van der Waals surface area (Å²) in [6, 6.07) is 6.93. The van der Waals surface area contributed by atoms with Crippen LogP contribution in [0.5, 0.6) is 5.75 Å². The van der Waals surface area contributed by atoms with Crippen LogP contribution in [0, 0.1) is 6.92 Å². The monoisotopic (exact) mass is 334 g/mol. The average Bonchev–Trinajstić information content (AvgIpc) is 2.77. The molecule has 1 saturated heterocycles. The molecule has 1 N–H and O–H groups in total. The van der Waals surface area contributed by atoms with Gasteiger partial charge in [0, 0.05) is 0 Å². The van der Waals surface area contributed by atoms with E-state index < -0.39 is 30.0 Å². The van der Waals surface area contributed by atoms with Gasteiger partial charge in [-0.2, -0.15) is 0 Å². The van der Waals surface area contributed by atoms with Gasteiger partial charge < -0.3 is 14.8 Å². The molecule has 0 bridgehead atoms. The fourth-order valence-corrected chi connectivity index (χ4v) is 2.25. The Morgan fingerprint density at radius 2 is 1.88 bits per heavy atom. The molecule has 0 spiro atoms. The molecule has 0 radical (unpaired) electrons. The molecule has 1 atom stereocenters. The molecular formula is C17H22N2O5. The zero-order chi connectivity index (χ0) is 17.7. The molecule has 0 saturated carbocycles. The van der Waals surface area contributed by atoms with E-state index >= 15 is 0 Å². The third-order valence-corrected chi connectivity index (χ3v) is 3.98. The highest BCUT2D eigenvalue weighted by molar-refractivity contribution is 6.08.